The lowest BCUT2D eigenvalue weighted by atomic mass is 10.1. The predicted molar refractivity (Wildman–Crippen MR) is 71.5 cm³/mol. The van der Waals surface area contributed by atoms with Gasteiger partial charge in [-0.1, -0.05) is 6.92 Å². The Hall–Kier alpha value is -1.51. The summed E-state index contributed by atoms with van der Waals surface area (Å²) in [6.07, 6.45) is 2.24. The first kappa shape index (κ1) is 12.0. The van der Waals surface area contributed by atoms with Gasteiger partial charge < -0.3 is 10.2 Å². The fourth-order valence-corrected chi connectivity index (χ4v) is 2.39. The van der Waals surface area contributed by atoms with Gasteiger partial charge in [-0.05, 0) is 43.5 Å². The number of amides is 1. The number of benzene rings is 1. The largest absolute Gasteiger partial charge is 0.368 e. The Morgan fingerprint density at radius 2 is 2.29 bits per heavy atom. The quantitative estimate of drug-likeness (QED) is 0.869. The molecule has 1 aromatic carbocycles. The maximum atomic E-state index is 11.0. The van der Waals surface area contributed by atoms with Crippen molar-refractivity contribution in [3.63, 3.8) is 0 Å². The first-order valence-corrected chi connectivity index (χ1v) is 6.29. The molecule has 1 N–H and O–H groups in total. The van der Waals surface area contributed by atoms with E-state index in [0.29, 0.717) is 6.04 Å². The van der Waals surface area contributed by atoms with Gasteiger partial charge in [0.2, 0.25) is 5.91 Å². The molecule has 3 nitrogen and oxygen atoms in total. The molecular weight excluding hydrogens is 212 g/mol. The average Bonchev–Trinajstić information content (AvgIpc) is 2.70. The van der Waals surface area contributed by atoms with Gasteiger partial charge in [-0.3, -0.25) is 4.79 Å². The van der Waals surface area contributed by atoms with Crippen molar-refractivity contribution >= 4 is 17.3 Å². The van der Waals surface area contributed by atoms with Crippen LogP contribution in [0.4, 0.5) is 11.4 Å². The molecule has 1 amide bonds. The lowest BCUT2D eigenvalue weighted by Crippen LogP contribution is -2.30. The number of anilines is 2. The molecule has 0 aliphatic carbocycles. The van der Waals surface area contributed by atoms with Gasteiger partial charge in [0.05, 0.1) is 0 Å². The second-order valence-corrected chi connectivity index (χ2v) is 4.73. The van der Waals surface area contributed by atoms with Crippen molar-refractivity contribution in [2.45, 2.75) is 39.7 Å². The molecule has 1 aromatic rings. The number of carbonyl (C=O) groups is 1. The predicted octanol–water partition coefficient (Wildman–Crippen LogP) is 2.81. The molecule has 0 radical (unpaired) electrons. The number of hydrogen-bond acceptors (Lipinski definition) is 2. The highest BCUT2D eigenvalue weighted by Crippen LogP contribution is 2.32. The molecule has 17 heavy (non-hydrogen) atoms. The Kier molecular flexibility index (Phi) is 3.36. The van der Waals surface area contributed by atoms with Crippen molar-refractivity contribution in [3.05, 3.63) is 23.8 Å². The highest BCUT2D eigenvalue weighted by molar-refractivity contribution is 5.89. The Labute approximate surface area is 103 Å². The summed E-state index contributed by atoms with van der Waals surface area (Å²) in [5, 5.41) is 2.84. The second kappa shape index (κ2) is 4.78. The summed E-state index contributed by atoms with van der Waals surface area (Å²) < 4.78 is 0. The van der Waals surface area contributed by atoms with E-state index in [1.165, 1.54) is 11.3 Å². The normalized spacial score (nSPS) is 15.6. The van der Waals surface area contributed by atoms with E-state index in [-0.39, 0.29) is 5.91 Å². The van der Waals surface area contributed by atoms with Gasteiger partial charge in [0.1, 0.15) is 0 Å². The third kappa shape index (κ3) is 2.43. The summed E-state index contributed by atoms with van der Waals surface area (Å²) in [6, 6.07) is 6.79. The van der Waals surface area contributed by atoms with E-state index >= 15 is 0 Å². The van der Waals surface area contributed by atoms with Crippen LogP contribution in [0.15, 0.2) is 18.2 Å². The van der Waals surface area contributed by atoms with Crippen LogP contribution in [-0.4, -0.2) is 18.5 Å². The number of hydrogen-bond donors (Lipinski definition) is 1. The highest BCUT2D eigenvalue weighted by Gasteiger charge is 2.22. The third-order valence-corrected chi connectivity index (χ3v) is 3.45. The summed E-state index contributed by atoms with van der Waals surface area (Å²) >= 11 is 0. The van der Waals surface area contributed by atoms with E-state index in [9.17, 15) is 4.79 Å². The van der Waals surface area contributed by atoms with Gasteiger partial charge in [-0.2, -0.15) is 0 Å². The molecule has 0 saturated carbocycles. The van der Waals surface area contributed by atoms with Gasteiger partial charge in [-0.25, -0.2) is 0 Å². The minimum absolute atomic E-state index is 0.0123. The Balaban J connectivity index is 2.22. The molecule has 0 spiro atoms. The molecule has 2 rings (SSSR count). The average molecular weight is 232 g/mol. The molecule has 3 heteroatoms. The zero-order chi connectivity index (χ0) is 12.4. The maximum Gasteiger partial charge on any atom is 0.221 e. The van der Waals surface area contributed by atoms with Crippen LogP contribution in [0.2, 0.25) is 0 Å². The van der Waals surface area contributed by atoms with E-state index < -0.39 is 0 Å². The Morgan fingerprint density at radius 1 is 1.53 bits per heavy atom. The van der Waals surface area contributed by atoms with Crippen LogP contribution in [0.5, 0.6) is 0 Å². The minimum atomic E-state index is -0.0123. The van der Waals surface area contributed by atoms with Crippen molar-refractivity contribution in [2.24, 2.45) is 0 Å². The fourth-order valence-electron chi connectivity index (χ4n) is 2.39. The van der Waals surface area contributed by atoms with E-state index in [1.54, 1.807) is 6.92 Å². The Bertz CT molecular complexity index is 428. The van der Waals surface area contributed by atoms with E-state index in [1.807, 2.05) is 6.07 Å². The summed E-state index contributed by atoms with van der Waals surface area (Å²) in [5.41, 5.74) is 3.58. The summed E-state index contributed by atoms with van der Waals surface area (Å²) in [6.45, 7) is 7.11. The van der Waals surface area contributed by atoms with E-state index in [0.717, 1.165) is 25.1 Å². The van der Waals surface area contributed by atoms with Gasteiger partial charge in [0.15, 0.2) is 0 Å². The monoisotopic (exact) mass is 232 g/mol. The van der Waals surface area contributed by atoms with E-state index in [4.69, 9.17) is 0 Å². The van der Waals surface area contributed by atoms with Gasteiger partial charge in [0.25, 0.3) is 0 Å². The zero-order valence-electron chi connectivity index (χ0n) is 10.8. The maximum absolute atomic E-state index is 11.0. The van der Waals surface area contributed by atoms with Crippen LogP contribution >= 0.6 is 0 Å². The molecule has 1 heterocycles. The number of carbonyl (C=O) groups excluding carboxylic acids is 1. The van der Waals surface area contributed by atoms with Gasteiger partial charge in [0, 0.05) is 30.9 Å². The van der Waals surface area contributed by atoms with Crippen LogP contribution in [0.25, 0.3) is 0 Å². The van der Waals surface area contributed by atoms with Gasteiger partial charge >= 0.3 is 0 Å². The first-order chi connectivity index (χ1) is 8.11. The van der Waals surface area contributed by atoms with Crippen molar-refractivity contribution in [1.82, 2.24) is 0 Å². The smallest absolute Gasteiger partial charge is 0.221 e. The summed E-state index contributed by atoms with van der Waals surface area (Å²) in [7, 11) is 0. The van der Waals surface area contributed by atoms with Crippen LogP contribution in [0.1, 0.15) is 32.8 Å². The highest BCUT2D eigenvalue weighted by atomic mass is 16.1. The molecule has 1 atom stereocenters. The SMILES string of the molecule is CCC(C)N1CCc2cc(NC(C)=O)ccc21. The topological polar surface area (TPSA) is 32.3 Å². The van der Waals surface area contributed by atoms with Crippen molar-refractivity contribution in [3.8, 4) is 0 Å². The number of fused-ring (bicyclic) bond motifs is 1. The second-order valence-electron chi connectivity index (χ2n) is 4.73. The summed E-state index contributed by atoms with van der Waals surface area (Å²) in [5.74, 6) is -0.0123. The number of rotatable bonds is 3. The van der Waals surface area contributed by atoms with E-state index in [2.05, 4.69) is 36.2 Å². The lowest BCUT2D eigenvalue weighted by Gasteiger charge is -2.26. The number of nitrogens with zero attached hydrogens (tertiary/aromatic N) is 1. The third-order valence-electron chi connectivity index (χ3n) is 3.45. The standard InChI is InChI=1S/C14H20N2O/c1-4-10(2)16-8-7-12-9-13(15-11(3)17)5-6-14(12)16/h5-6,9-10H,4,7-8H2,1-3H3,(H,15,17). The first-order valence-electron chi connectivity index (χ1n) is 6.29. The fraction of sp³-hybridized carbons (Fsp3) is 0.500. The molecule has 1 unspecified atom stereocenters. The van der Waals surface area contributed by atoms with Gasteiger partial charge in [-0.15, -0.1) is 0 Å². The molecule has 0 fully saturated rings. The molecule has 0 bridgehead atoms. The number of nitrogens with one attached hydrogen (secondary N) is 1. The minimum Gasteiger partial charge on any atom is -0.368 e. The zero-order valence-corrected chi connectivity index (χ0v) is 10.8. The Morgan fingerprint density at radius 3 is 2.94 bits per heavy atom. The van der Waals surface area contributed by atoms with Crippen LogP contribution in [0, 0.1) is 0 Å². The van der Waals surface area contributed by atoms with Crippen LogP contribution in [-0.2, 0) is 11.2 Å². The lowest BCUT2D eigenvalue weighted by molar-refractivity contribution is -0.114. The molecular formula is C14H20N2O. The molecule has 92 valence electrons. The molecule has 0 aromatic heterocycles. The van der Waals surface area contributed by atoms with Crippen molar-refractivity contribution < 1.29 is 4.79 Å². The van der Waals surface area contributed by atoms with Crippen LogP contribution in [0.3, 0.4) is 0 Å². The molecule has 1 aliphatic heterocycles. The van der Waals surface area contributed by atoms with Crippen LogP contribution < -0.4 is 10.2 Å². The molecule has 1 aliphatic rings. The van der Waals surface area contributed by atoms with Crippen molar-refractivity contribution in [1.29, 1.82) is 0 Å². The van der Waals surface area contributed by atoms with Crippen molar-refractivity contribution in [2.75, 3.05) is 16.8 Å². The molecule has 0 saturated heterocycles. The summed E-state index contributed by atoms with van der Waals surface area (Å²) in [4.78, 5) is 13.5.